The third-order valence-electron chi connectivity index (χ3n) is 3.45. The van der Waals surface area contributed by atoms with Crippen molar-refractivity contribution in [1.29, 1.82) is 0 Å². The van der Waals surface area contributed by atoms with Crippen molar-refractivity contribution < 1.29 is 9.47 Å². The molecule has 1 saturated heterocycles. The molecule has 2 fully saturated rings. The van der Waals surface area contributed by atoms with E-state index in [1.54, 1.807) is 0 Å². The van der Waals surface area contributed by atoms with Crippen LogP contribution in [0, 0.1) is 5.92 Å². The molecule has 0 radical (unpaired) electrons. The highest BCUT2D eigenvalue weighted by molar-refractivity contribution is 4.94. The molecule has 0 atom stereocenters. The minimum atomic E-state index is 0.112. The molecule has 0 amide bonds. The van der Waals surface area contributed by atoms with E-state index in [-0.39, 0.29) is 5.60 Å². The molecule has 1 aliphatic heterocycles. The van der Waals surface area contributed by atoms with Gasteiger partial charge in [-0.25, -0.2) is 0 Å². The van der Waals surface area contributed by atoms with Crippen molar-refractivity contribution in [2.75, 3.05) is 20.3 Å². The minimum Gasteiger partial charge on any atom is -0.375 e. The zero-order valence-electron chi connectivity index (χ0n) is 7.84. The largest absolute Gasteiger partial charge is 0.375 e. The molecular weight excluding hydrogens is 152 g/mol. The molecule has 0 aromatic rings. The molecule has 2 nitrogen and oxygen atoms in total. The lowest BCUT2D eigenvalue weighted by molar-refractivity contribution is -0.227. The minimum absolute atomic E-state index is 0.112. The van der Waals surface area contributed by atoms with E-state index in [0.717, 1.165) is 19.1 Å². The third-order valence-corrected chi connectivity index (χ3v) is 3.45. The maximum absolute atomic E-state index is 5.59. The van der Waals surface area contributed by atoms with Crippen LogP contribution in [0.15, 0.2) is 0 Å². The molecule has 1 aliphatic carbocycles. The van der Waals surface area contributed by atoms with E-state index in [1.165, 1.54) is 32.1 Å². The Kier molecular flexibility index (Phi) is 2.37. The van der Waals surface area contributed by atoms with Crippen LogP contribution in [0.1, 0.15) is 32.1 Å². The van der Waals surface area contributed by atoms with Gasteiger partial charge in [0, 0.05) is 7.11 Å². The van der Waals surface area contributed by atoms with Gasteiger partial charge in [0.1, 0.15) is 5.60 Å². The van der Waals surface area contributed by atoms with Crippen LogP contribution in [0.4, 0.5) is 0 Å². The summed E-state index contributed by atoms with van der Waals surface area (Å²) in [5.41, 5.74) is 0.112. The summed E-state index contributed by atoms with van der Waals surface area (Å²) >= 11 is 0. The van der Waals surface area contributed by atoms with Gasteiger partial charge in [0.25, 0.3) is 0 Å². The second kappa shape index (κ2) is 3.35. The zero-order chi connectivity index (χ0) is 8.44. The van der Waals surface area contributed by atoms with Gasteiger partial charge in [-0.1, -0.05) is 19.3 Å². The van der Waals surface area contributed by atoms with Crippen LogP contribution < -0.4 is 0 Å². The van der Waals surface area contributed by atoms with Gasteiger partial charge in [-0.3, -0.25) is 0 Å². The van der Waals surface area contributed by atoms with Crippen molar-refractivity contribution in [2.45, 2.75) is 37.7 Å². The van der Waals surface area contributed by atoms with Crippen LogP contribution in [-0.4, -0.2) is 25.9 Å². The molecule has 1 saturated carbocycles. The van der Waals surface area contributed by atoms with Gasteiger partial charge < -0.3 is 9.47 Å². The molecule has 2 heteroatoms. The zero-order valence-corrected chi connectivity index (χ0v) is 7.84. The van der Waals surface area contributed by atoms with Gasteiger partial charge >= 0.3 is 0 Å². The summed E-state index contributed by atoms with van der Waals surface area (Å²) in [4.78, 5) is 0. The van der Waals surface area contributed by atoms with E-state index in [4.69, 9.17) is 9.47 Å². The summed E-state index contributed by atoms with van der Waals surface area (Å²) in [6.07, 6.45) is 6.87. The van der Waals surface area contributed by atoms with E-state index < -0.39 is 0 Å². The summed E-state index contributed by atoms with van der Waals surface area (Å²) < 4.78 is 10.8. The van der Waals surface area contributed by atoms with Gasteiger partial charge in [-0.05, 0) is 18.8 Å². The highest BCUT2D eigenvalue weighted by atomic mass is 16.6. The van der Waals surface area contributed by atoms with Crippen LogP contribution in [0.3, 0.4) is 0 Å². The lowest BCUT2D eigenvalue weighted by atomic mass is 9.75. The third kappa shape index (κ3) is 1.27. The number of hydrogen-bond acceptors (Lipinski definition) is 2. The number of methoxy groups -OCH3 is 1. The molecule has 0 aromatic carbocycles. The highest BCUT2D eigenvalue weighted by Crippen LogP contribution is 2.39. The van der Waals surface area contributed by atoms with Crippen molar-refractivity contribution >= 4 is 0 Å². The van der Waals surface area contributed by atoms with Crippen LogP contribution in [0.2, 0.25) is 0 Å². The molecule has 0 bridgehead atoms. The van der Waals surface area contributed by atoms with Gasteiger partial charge in [-0.15, -0.1) is 0 Å². The lowest BCUT2D eigenvalue weighted by Gasteiger charge is -2.47. The molecule has 2 aliphatic rings. The molecule has 12 heavy (non-hydrogen) atoms. The first-order valence-corrected chi connectivity index (χ1v) is 5.00. The average molecular weight is 170 g/mol. The summed E-state index contributed by atoms with van der Waals surface area (Å²) in [6.45, 7) is 1.66. The number of ether oxygens (including phenoxy) is 2. The summed E-state index contributed by atoms with van der Waals surface area (Å²) in [5, 5.41) is 0. The lowest BCUT2D eigenvalue weighted by Crippen LogP contribution is -2.57. The summed E-state index contributed by atoms with van der Waals surface area (Å²) in [6, 6.07) is 0. The van der Waals surface area contributed by atoms with Gasteiger partial charge in [0.05, 0.1) is 13.2 Å². The van der Waals surface area contributed by atoms with Crippen molar-refractivity contribution in [2.24, 2.45) is 5.92 Å². The Balaban J connectivity index is 1.95. The Morgan fingerprint density at radius 2 is 1.83 bits per heavy atom. The molecule has 70 valence electrons. The highest BCUT2D eigenvalue weighted by Gasteiger charge is 2.45. The first kappa shape index (κ1) is 8.52. The fourth-order valence-corrected chi connectivity index (χ4v) is 2.45. The quantitative estimate of drug-likeness (QED) is 0.631. The Hall–Kier alpha value is -0.0800. The smallest absolute Gasteiger partial charge is 0.117 e. The van der Waals surface area contributed by atoms with E-state index in [1.807, 2.05) is 7.11 Å². The van der Waals surface area contributed by atoms with E-state index in [2.05, 4.69) is 0 Å². The van der Waals surface area contributed by atoms with Crippen molar-refractivity contribution in [1.82, 2.24) is 0 Å². The second-order valence-electron chi connectivity index (χ2n) is 4.10. The molecule has 2 rings (SSSR count). The SMILES string of the molecule is COC1(C2CCCCC2)COC1. The summed E-state index contributed by atoms with van der Waals surface area (Å²) in [7, 11) is 1.83. The second-order valence-corrected chi connectivity index (χ2v) is 4.10. The van der Waals surface area contributed by atoms with Gasteiger partial charge in [0.2, 0.25) is 0 Å². The first-order valence-electron chi connectivity index (χ1n) is 5.00. The standard InChI is InChI=1S/C10H18O2/c1-11-10(7-12-8-10)9-5-3-2-4-6-9/h9H,2-8H2,1H3. The van der Waals surface area contributed by atoms with E-state index in [0.29, 0.717) is 0 Å². The molecule has 0 aromatic heterocycles. The predicted molar refractivity (Wildman–Crippen MR) is 47.1 cm³/mol. The Morgan fingerprint density at radius 1 is 1.17 bits per heavy atom. The van der Waals surface area contributed by atoms with Crippen molar-refractivity contribution in [3.05, 3.63) is 0 Å². The normalized spacial score (nSPS) is 29.8. The molecule has 0 N–H and O–H groups in total. The fraction of sp³-hybridized carbons (Fsp3) is 1.00. The maximum Gasteiger partial charge on any atom is 0.117 e. The first-order chi connectivity index (χ1) is 5.87. The van der Waals surface area contributed by atoms with Crippen LogP contribution in [0.5, 0.6) is 0 Å². The van der Waals surface area contributed by atoms with Gasteiger partial charge in [-0.2, -0.15) is 0 Å². The van der Waals surface area contributed by atoms with Crippen molar-refractivity contribution in [3.63, 3.8) is 0 Å². The van der Waals surface area contributed by atoms with Crippen LogP contribution >= 0.6 is 0 Å². The molecule has 0 unspecified atom stereocenters. The van der Waals surface area contributed by atoms with Crippen LogP contribution in [-0.2, 0) is 9.47 Å². The number of rotatable bonds is 2. The summed E-state index contributed by atoms with van der Waals surface area (Å²) in [5.74, 6) is 0.769. The fourth-order valence-electron chi connectivity index (χ4n) is 2.45. The topological polar surface area (TPSA) is 18.5 Å². The predicted octanol–water partition coefficient (Wildman–Crippen LogP) is 1.98. The Morgan fingerprint density at radius 3 is 2.25 bits per heavy atom. The number of hydrogen-bond donors (Lipinski definition) is 0. The van der Waals surface area contributed by atoms with Crippen molar-refractivity contribution in [3.8, 4) is 0 Å². The van der Waals surface area contributed by atoms with E-state index in [9.17, 15) is 0 Å². The Labute approximate surface area is 74.2 Å². The van der Waals surface area contributed by atoms with Gasteiger partial charge in [0.15, 0.2) is 0 Å². The maximum atomic E-state index is 5.59. The monoisotopic (exact) mass is 170 g/mol. The van der Waals surface area contributed by atoms with E-state index >= 15 is 0 Å². The molecule has 1 heterocycles. The molecular formula is C10H18O2. The Bertz CT molecular complexity index is 140. The average Bonchev–Trinajstić information content (AvgIpc) is 2.05. The molecule has 0 spiro atoms. The van der Waals surface area contributed by atoms with Crippen LogP contribution in [0.25, 0.3) is 0 Å².